The summed E-state index contributed by atoms with van der Waals surface area (Å²) in [5.41, 5.74) is 2.10. The molecule has 2 N–H and O–H groups in total. The number of hydrogen-bond donors (Lipinski definition) is 2. The van der Waals surface area contributed by atoms with E-state index in [1.165, 1.54) is 23.0 Å². The van der Waals surface area contributed by atoms with Gasteiger partial charge in [-0.2, -0.15) is 5.10 Å². The summed E-state index contributed by atoms with van der Waals surface area (Å²) in [5, 5.41) is 16.4. The van der Waals surface area contributed by atoms with Gasteiger partial charge in [0.15, 0.2) is 5.65 Å². The summed E-state index contributed by atoms with van der Waals surface area (Å²) in [6.45, 7) is 9.90. The molecule has 3 aromatic heterocycles. The Bertz CT molecular complexity index is 1300. The third-order valence-corrected chi connectivity index (χ3v) is 6.14. The first-order valence-electron chi connectivity index (χ1n) is 11.9. The van der Waals surface area contributed by atoms with Gasteiger partial charge in [0.1, 0.15) is 22.8 Å². The number of aromatic nitrogens is 4. The summed E-state index contributed by atoms with van der Waals surface area (Å²) in [6.07, 6.45) is 5.62. The molecule has 0 aromatic carbocycles. The van der Waals surface area contributed by atoms with E-state index >= 15 is 0 Å². The lowest BCUT2D eigenvalue weighted by molar-refractivity contribution is 0.0505. The van der Waals surface area contributed by atoms with Crippen molar-refractivity contribution in [3.05, 3.63) is 52.9 Å². The molecule has 1 unspecified atom stereocenters. The number of nitrogens with one attached hydrogen (secondary N) is 1. The number of carbonyl (C=O) groups is 2. The number of hydrogen-bond acceptors (Lipinski definition) is 7. The molecule has 11 heteroatoms. The molecule has 0 fully saturated rings. The Hall–Kier alpha value is -3.76. The molecule has 0 aliphatic carbocycles. The summed E-state index contributed by atoms with van der Waals surface area (Å²) >= 11 is 0. The fourth-order valence-corrected chi connectivity index (χ4v) is 4.39. The van der Waals surface area contributed by atoms with Crippen LogP contribution >= 0.6 is 0 Å². The molecule has 0 saturated heterocycles. The maximum atomic E-state index is 14.3. The van der Waals surface area contributed by atoms with Crippen LogP contribution in [0.2, 0.25) is 0 Å². The first-order chi connectivity index (χ1) is 16.9. The van der Waals surface area contributed by atoms with E-state index in [2.05, 4.69) is 20.4 Å². The summed E-state index contributed by atoms with van der Waals surface area (Å²) in [5.74, 6) is -0.874. The average molecular weight is 499 g/mol. The third kappa shape index (κ3) is 5.39. The molecule has 1 aliphatic rings. The minimum absolute atomic E-state index is 0.0249. The van der Waals surface area contributed by atoms with Crippen molar-refractivity contribution in [2.45, 2.75) is 71.6 Å². The molecule has 0 bridgehead atoms. The molecule has 36 heavy (non-hydrogen) atoms. The standard InChI is InChI=1S/C25H31FN6O4/c1-14(29-24(35)36-25(3,4)5)6-7-20-18(10-17(26)11-27-20)15(2)31-9-8-16-13-32-22(30-21(16)31)19(12-28-32)23(33)34/h10-15H,6-9H2,1-5H3,(H,29,35)(H,33,34)/t14-,15?/m1/s1. The summed E-state index contributed by atoms with van der Waals surface area (Å²) in [7, 11) is 0. The normalized spacial score (nSPS) is 15.0. The van der Waals surface area contributed by atoms with E-state index in [9.17, 15) is 19.1 Å². The number of aromatic carboxylic acids is 1. The highest BCUT2D eigenvalue weighted by Crippen LogP contribution is 2.35. The van der Waals surface area contributed by atoms with Gasteiger partial charge in [0.25, 0.3) is 0 Å². The van der Waals surface area contributed by atoms with E-state index in [1.807, 2.05) is 18.7 Å². The lowest BCUT2D eigenvalue weighted by Crippen LogP contribution is -2.38. The van der Waals surface area contributed by atoms with E-state index in [4.69, 9.17) is 4.74 Å². The van der Waals surface area contributed by atoms with Crippen LogP contribution in [0, 0.1) is 5.82 Å². The smallest absolute Gasteiger partial charge is 0.407 e. The molecule has 192 valence electrons. The molecule has 0 radical (unpaired) electrons. The van der Waals surface area contributed by atoms with E-state index in [0.29, 0.717) is 31.6 Å². The SMILES string of the molecule is CC(c1cc(F)cnc1CC[C@@H](C)NC(=O)OC(C)(C)C)N1CCc2cn3ncc(C(=O)O)c3nc21. The maximum absolute atomic E-state index is 14.3. The Morgan fingerprint density at radius 1 is 1.28 bits per heavy atom. The molecule has 0 spiro atoms. The summed E-state index contributed by atoms with van der Waals surface area (Å²) < 4.78 is 21.1. The Morgan fingerprint density at radius 3 is 2.72 bits per heavy atom. The van der Waals surface area contributed by atoms with E-state index in [1.54, 1.807) is 27.0 Å². The molecule has 10 nitrogen and oxygen atoms in total. The summed E-state index contributed by atoms with van der Waals surface area (Å²) in [6, 6.07) is 1.05. The minimum Gasteiger partial charge on any atom is -0.477 e. The van der Waals surface area contributed by atoms with Crippen LogP contribution in [-0.2, 0) is 17.6 Å². The van der Waals surface area contributed by atoms with Gasteiger partial charge in [-0.3, -0.25) is 4.98 Å². The lowest BCUT2D eigenvalue weighted by atomic mass is 10.0. The number of anilines is 1. The number of alkyl carbamates (subject to hydrolysis) is 1. The van der Waals surface area contributed by atoms with Crippen molar-refractivity contribution in [1.29, 1.82) is 0 Å². The number of halogens is 1. The number of pyridine rings is 1. The van der Waals surface area contributed by atoms with Crippen LogP contribution in [0.1, 0.15) is 74.3 Å². The van der Waals surface area contributed by atoms with Crippen LogP contribution in [-0.4, -0.2) is 54.9 Å². The van der Waals surface area contributed by atoms with Gasteiger partial charge in [-0.15, -0.1) is 0 Å². The predicted octanol–water partition coefficient (Wildman–Crippen LogP) is 3.93. The molecule has 3 aromatic rings. The van der Waals surface area contributed by atoms with Gasteiger partial charge in [-0.05, 0) is 65.5 Å². The van der Waals surface area contributed by atoms with Crippen molar-refractivity contribution < 1.29 is 23.8 Å². The largest absolute Gasteiger partial charge is 0.477 e. The Balaban J connectivity index is 1.54. The summed E-state index contributed by atoms with van der Waals surface area (Å²) in [4.78, 5) is 34.7. The number of carboxylic acids is 1. The zero-order valence-electron chi connectivity index (χ0n) is 21.1. The van der Waals surface area contributed by atoms with E-state index in [0.717, 1.165) is 16.8 Å². The highest BCUT2D eigenvalue weighted by Gasteiger charge is 2.30. The average Bonchev–Trinajstić information content (AvgIpc) is 3.38. The first kappa shape index (κ1) is 25.3. The number of carbonyl (C=O) groups excluding carboxylic acids is 1. The highest BCUT2D eigenvalue weighted by molar-refractivity contribution is 5.94. The topological polar surface area (TPSA) is 122 Å². The second-order valence-corrected chi connectivity index (χ2v) is 10.1. The van der Waals surface area contributed by atoms with Gasteiger partial charge in [0, 0.05) is 30.0 Å². The van der Waals surface area contributed by atoms with E-state index < -0.39 is 23.5 Å². The van der Waals surface area contributed by atoms with Crippen LogP contribution in [0.25, 0.3) is 5.65 Å². The van der Waals surface area contributed by atoms with Crippen molar-refractivity contribution in [1.82, 2.24) is 24.9 Å². The number of rotatable bonds is 7. The molecular formula is C25H31FN6O4. The molecule has 4 heterocycles. The molecule has 2 atom stereocenters. The molecule has 1 aliphatic heterocycles. The Kier molecular flexibility index (Phi) is 6.83. The highest BCUT2D eigenvalue weighted by atomic mass is 19.1. The monoisotopic (exact) mass is 498 g/mol. The second kappa shape index (κ2) is 9.71. The first-order valence-corrected chi connectivity index (χ1v) is 11.9. The molecular weight excluding hydrogens is 467 g/mol. The fourth-order valence-electron chi connectivity index (χ4n) is 4.39. The van der Waals surface area contributed by atoms with Gasteiger partial charge >= 0.3 is 12.1 Å². The zero-order chi connectivity index (χ0) is 26.2. The van der Waals surface area contributed by atoms with E-state index in [-0.39, 0.29) is 23.3 Å². The number of ether oxygens (including phenoxy) is 1. The van der Waals surface area contributed by atoms with Crippen LogP contribution in [0.3, 0.4) is 0 Å². The predicted molar refractivity (Wildman–Crippen MR) is 131 cm³/mol. The fraction of sp³-hybridized carbons (Fsp3) is 0.480. The minimum atomic E-state index is -1.10. The quantitative estimate of drug-likeness (QED) is 0.503. The van der Waals surface area contributed by atoms with Gasteiger partial charge < -0.3 is 20.1 Å². The van der Waals surface area contributed by atoms with Crippen molar-refractivity contribution >= 4 is 23.5 Å². The van der Waals surface area contributed by atoms with Crippen LogP contribution < -0.4 is 10.2 Å². The lowest BCUT2D eigenvalue weighted by Gasteiger charge is -2.28. The number of carboxylic acid groups (broad SMARTS) is 1. The van der Waals surface area contributed by atoms with Crippen molar-refractivity contribution in [3.8, 4) is 0 Å². The number of fused-ring (bicyclic) bond motifs is 2. The second-order valence-electron chi connectivity index (χ2n) is 10.1. The number of nitrogens with zero attached hydrogens (tertiary/aromatic N) is 5. The Labute approximate surface area is 208 Å². The van der Waals surface area contributed by atoms with Crippen LogP contribution in [0.4, 0.5) is 15.0 Å². The van der Waals surface area contributed by atoms with Gasteiger partial charge in [0.05, 0.1) is 18.4 Å². The van der Waals surface area contributed by atoms with Crippen molar-refractivity contribution in [3.63, 3.8) is 0 Å². The van der Waals surface area contributed by atoms with Gasteiger partial charge in [-0.25, -0.2) is 23.5 Å². The Morgan fingerprint density at radius 2 is 2.03 bits per heavy atom. The molecule has 0 saturated carbocycles. The molecule has 1 amide bonds. The zero-order valence-corrected chi connectivity index (χ0v) is 21.1. The van der Waals surface area contributed by atoms with Crippen LogP contribution in [0.15, 0.2) is 24.7 Å². The van der Waals surface area contributed by atoms with Crippen LogP contribution in [0.5, 0.6) is 0 Å². The molecule has 4 rings (SSSR count). The number of aryl methyl sites for hydroxylation is 1. The van der Waals surface area contributed by atoms with Gasteiger partial charge in [0.2, 0.25) is 0 Å². The maximum Gasteiger partial charge on any atom is 0.407 e. The number of amides is 1. The third-order valence-electron chi connectivity index (χ3n) is 6.14. The van der Waals surface area contributed by atoms with Gasteiger partial charge in [-0.1, -0.05) is 0 Å². The van der Waals surface area contributed by atoms with Crippen molar-refractivity contribution in [2.75, 3.05) is 11.4 Å². The van der Waals surface area contributed by atoms with Crippen molar-refractivity contribution in [2.24, 2.45) is 0 Å².